The van der Waals surface area contributed by atoms with Crippen LogP contribution in [0.1, 0.15) is 221 Å². The molecular weight excluding hydrogens is 1040 g/mol. The Balaban J connectivity index is 0.000000281. The van der Waals surface area contributed by atoms with Gasteiger partial charge in [0.1, 0.15) is 24.2 Å². The molecule has 0 radical (unpaired) electrons. The van der Waals surface area contributed by atoms with Crippen LogP contribution in [0, 0.1) is 0 Å². The van der Waals surface area contributed by atoms with E-state index < -0.39 is 6.10 Å². The molecule has 0 heterocycles. The van der Waals surface area contributed by atoms with Gasteiger partial charge in [-0.3, -0.25) is 0 Å². The highest BCUT2D eigenvalue weighted by molar-refractivity contribution is 5.56. The lowest BCUT2D eigenvalue weighted by atomic mass is 9.81. The van der Waals surface area contributed by atoms with Crippen molar-refractivity contribution in [1.29, 1.82) is 0 Å². The van der Waals surface area contributed by atoms with Gasteiger partial charge < -0.3 is 24.4 Å². The number of ether oxygens (including phenoxy) is 3. The molecule has 0 saturated carbocycles. The normalized spacial score (nSPS) is 14.2. The number of aromatic hydroxyl groups is 1. The molecule has 0 spiro atoms. The summed E-state index contributed by atoms with van der Waals surface area (Å²) in [6.07, 6.45) is 14.6. The molecule has 0 aliphatic rings. The van der Waals surface area contributed by atoms with Crippen molar-refractivity contribution in [2.75, 3.05) is 26.4 Å². The van der Waals surface area contributed by atoms with Gasteiger partial charge in [0.15, 0.2) is 0 Å². The molecule has 8 aromatic carbocycles. The Hall–Kier alpha value is -7.02. The van der Waals surface area contributed by atoms with Crippen LogP contribution in [0.4, 0.5) is 0 Å². The molecule has 448 valence electrons. The largest absolute Gasteiger partial charge is 0.507 e. The number of benzene rings is 8. The van der Waals surface area contributed by atoms with Crippen LogP contribution < -0.4 is 4.74 Å². The van der Waals surface area contributed by atoms with Gasteiger partial charge >= 0.3 is 0 Å². The van der Waals surface area contributed by atoms with Crippen LogP contribution in [0.5, 0.6) is 11.5 Å². The maximum atomic E-state index is 11.4. The molecule has 0 amide bonds. The SMILES string of the molecule is C=CCOCC(O)COC(CCCCCCCCCCCC)COc1c(C(C)c2ccccc2)cc(C(C)c2ccccc2)cc1C(C)c1ccccc1.CC(c1ccccc1)c1cc(C(C)c2ccccc2)c(O)c(C(C)c2ccccc2)c1. The van der Waals surface area contributed by atoms with Crippen molar-refractivity contribution in [3.63, 3.8) is 0 Å². The maximum Gasteiger partial charge on any atom is 0.127 e. The standard InChI is InChI=1S/C50H68O4.C30H30O/c1-6-8-9-10-11-12-13-14-15-25-32-47(53-37-46(51)36-52-33-7-2)38-54-50-48(40(4)43-28-21-17-22-29-43)34-45(39(3)42-26-19-16-20-27-42)35-49(50)41(5)44-30-23-18-24-31-44;1-21(24-13-7-4-8-14-24)27-19-28(22(2)25-15-9-5-10-16-25)30(31)29(20-27)23(3)26-17-11-6-12-18-26/h7,16-24,26-31,34-35,39-41,46-47,51H,2,6,8-15,25,32-33,36-38H2,1,3-5H3;4-23,31H,1-3H3. The van der Waals surface area contributed by atoms with E-state index in [1.165, 1.54) is 113 Å². The lowest BCUT2D eigenvalue weighted by Gasteiger charge is -2.28. The average molecular weight is 1140 g/mol. The van der Waals surface area contributed by atoms with E-state index in [-0.39, 0.29) is 54.8 Å². The molecule has 0 aromatic heterocycles. The first kappa shape index (κ1) is 65.5. The van der Waals surface area contributed by atoms with Crippen molar-refractivity contribution in [2.45, 2.75) is 167 Å². The number of aliphatic hydroxyl groups is 1. The monoisotopic (exact) mass is 1140 g/mol. The van der Waals surface area contributed by atoms with E-state index in [0.717, 1.165) is 29.7 Å². The number of aliphatic hydroxyl groups excluding tert-OH is 1. The quantitative estimate of drug-likeness (QED) is 0.0317. The third-order valence-corrected chi connectivity index (χ3v) is 17.4. The van der Waals surface area contributed by atoms with Crippen molar-refractivity contribution in [3.8, 4) is 11.5 Å². The summed E-state index contributed by atoms with van der Waals surface area (Å²) in [5.74, 6) is 2.23. The third-order valence-electron chi connectivity index (χ3n) is 17.4. The molecule has 0 bridgehead atoms. The number of unbranched alkanes of at least 4 members (excludes halogenated alkanes) is 9. The molecule has 8 unspecified atom stereocenters. The fourth-order valence-electron chi connectivity index (χ4n) is 11.8. The second-order valence-corrected chi connectivity index (χ2v) is 23.6. The van der Waals surface area contributed by atoms with Crippen molar-refractivity contribution in [2.24, 2.45) is 0 Å². The second kappa shape index (κ2) is 35.4. The van der Waals surface area contributed by atoms with Gasteiger partial charge in [-0.1, -0.05) is 325 Å². The van der Waals surface area contributed by atoms with E-state index in [2.05, 4.69) is 249 Å². The molecule has 8 atom stereocenters. The molecular formula is C80H98O5. The molecule has 0 aliphatic heterocycles. The summed E-state index contributed by atoms with van der Waals surface area (Å²) in [5.41, 5.74) is 14.4. The minimum atomic E-state index is -0.707. The first-order chi connectivity index (χ1) is 41.5. The number of phenols is 1. The maximum absolute atomic E-state index is 11.4. The highest BCUT2D eigenvalue weighted by Crippen LogP contribution is 2.44. The summed E-state index contributed by atoms with van der Waals surface area (Å²) in [7, 11) is 0. The molecule has 0 aliphatic carbocycles. The summed E-state index contributed by atoms with van der Waals surface area (Å²) in [6, 6.07) is 72.9. The zero-order valence-electron chi connectivity index (χ0n) is 52.3. The van der Waals surface area contributed by atoms with Gasteiger partial charge in [-0.2, -0.15) is 0 Å². The number of rotatable bonds is 33. The van der Waals surface area contributed by atoms with Gasteiger partial charge in [0, 0.05) is 57.8 Å². The van der Waals surface area contributed by atoms with Crippen LogP contribution in [0.15, 0.2) is 219 Å². The van der Waals surface area contributed by atoms with Gasteiger partial charge in [0.2, 0.25) is 0 Å². The van der Waals surface area contributed by atoms with E-state index >= 15 is 0 Å². The van der Waals surface area contributed by atoms with Crippen LogP contribution in [-0.4, -0.2) is 48.8 Å². The van der Waals surface area contributed by atoms with Crippen molar-refractivity contribution < 1.29 is 24.4 Å². The van der Waals surface area contributed by atoms with Crippen molar-refractivity contribution >= 4 is 0 Å². The van der Waals surface area contributed by atoms with Crippen LogP contribution >= 0.6 is 0 Å². The topological polar surface area (TPSA) is 68.2 Å². The number of hydrogen-bond acceptors (Lipinski definition) is 5. The Morgan fingerprint density at radius 1 is 0.388 bits per heavy atom. The molecule has 0 fully saturated rings. The Morgan fingerprint density at radius 2 is 0.706 bits per heavy atom. The minimum absolute atomic E-state index is 0.103. The number of phenolic OH excluding ortho intramolecular Hbond substituents is 1. The molecule has 8 aromatic rings. The average Bonchev–Trinajstić information content (AvgIpc) is 3.09. The van der Waals surface area contributed by atoms with Crippen LogP contribution in [0.25, 0.3) is 0 Å². The lowest BCUT2D eigenvalue weighted by molar-refractivity contribution is -0.0547. The summed E-state index contributed by atoms with van der Waals surface area (Å²) < 4.78 is 19.1. The van der Waals surface area contributed by atoms with E-state index in [1.807, 2.05) is 12.1 Å². The Labute approximate surface area is 512 Å². The summed E-state index contributed by atoms with van der Waals surface area (Å²) in [5, 5.41) is 22.1. The molecule has 0 saturated heterocycles. The van der Waals surface area contributed by atoms with Gasteiger partial charge in [-0.05, 0) is 50.9 Å². The second-order valence-electron chi connectivity index (χ2n) is 23.6. The molecule has 5 heteroatoms. The molecule has 8 rings (SSSR count). The fraction of sp³-hybridized carbons (Fsp3) is 0.375. The Kier molecular flexibility index (Phi) is 27.3. The van der Waals surface area contributed by atoms with E-state index in [4.69, 9.17) is 14.2 Å². The first-order valence-electron chi connectivity index (χ1n) is 31.9. The first-order valence-corrected chi connectivity index (χ1v) is 31.9. The number of hydrogen-bond donors (Lipinski definition) is 2. The van der Waals surface area contributed by atoms with E-state index in [1.54, 1.807) is 6.08 Å². The van der Waals surface area contributed by atoms with Crippen LogP contribution in [0.2, 0.25) is 0 Å². The lowest BCUT2D eigenvalue weighted by Crippen LogP contribution is -2.29. The zero-order chi connectivity index (χ0) is 60.2. The van der Waals surface area contributed by atoms with Gasteiger partial charge in [-0.25, -0.2) is 0 Å². The summed E-state index contributed by atoms with van der Waals surface area (Å²) >= 11 is 0. The smallest absolute Gasteiger partial charge is 0.127 e. The Bertz CT molecular complexity index is 2980. The van der Waals surface area contributed by atoms with Crippen LogP contribution in [-0.2, 0) is 9.47 Å². The third kappa shape index (κ3) is 19.8. The predicted molar refractivity (Wildman–Crippen MR) is 357 cm³/mol. The van der Waals surface area contributed by atoms with E-state index in [0.29, 0.717) is 19.0 Å². The Morgan fingerprint density at radius 3 is 1.06 bits per heavy atom. The van der Waals surface area contributed by atoms with Gasteiger partial charge in [0.25, 0.3) is 0 Å². The van der Waals surface area contributed by atoms with Crippen molar-refractivity contribution in [3.05, 3.63) is 286 Å². The molecule has 2 N–H and O–H groups in total. The molecule has 85 heavy (non-hydrogen) atoms. The predicted octanol–water partition coefficient (Wildman–Crippen LogP) is 20.6. The van der Waals surface area contributed by atoms with Crippen LogP contribution in [0.3, 0.4) is 0 Å². The fourth-order valence-corrected chi connectivity index (χ4v) is 11.8. The van der Waals surface area contributed by atoms with Gasteiger partial charge in [0.05, 0.1) is 25.9 Å². The zero-order valence-corrected chi connectivity index (χ0v) is 52.3. The summed E-state index contributed by atoms with van der Waals surface area (Å²) in [6.45, 7) is 20.7. The van der Waals surface area contributed by atoms with Crippen molar-refractivity contribution in [1.82, 2.24) is 0 Å². The minimum Gasteiger partial charge on any atom is -0.507 e. The summed E-state index contributed by atoms with van der Waals surface area (Å²) in [4.78, 5) is 0. The highest BCUT2D eigenvalue weighted by Gasteiger charge is 2.27. The van der Waals surface area contributed by atoms with E-state index in [9.17, 15) is 10.2 Å². The molecule has 5 nitrogen and oxygen atoms in total. The van der Waals surface area contributed by atoms with Gasteiger partial charge in [-0.15, -0.1) is 6.58 Å². The highest BCUT2D eigenvalue weighted by atomic mass is 16.5.